The molecule has 1 rings (SSSR count). The first-order chi connectivity index (χ1) is 10.7. The van der Waals surface area contributed by atoms with Crippen molar-refractivity contribution in [3.63, 3.8) is 0 Å². The molecule has 1 amide bonds. The molecule has 3 N–H and O–H groups in total. The zero-order chi connectivity index (χ0) is 16.2. The molecule has 0 heterocycles. The molecule has 0 fully saturated rings. The standard InChI is InChI=1S/C18H28N2O2/c1-3-12-22-13-8-6-5-7-11-20-18(21)17-10-9-16(19)14-15(17)4-2/h4,9-10,14H,2-3,5-8,11-13,19H2,1H3,(H,20,21). The third kappa shape index (κ3) is 6.76. The Kier molecular flexibility index (Phi) is 9.00. The van der Waals surface area contributed by atoms with E-state index in [2.05, 4.69) is 18.8 Å². The van der Waals surface area contributed by atoms with E-state index in [1.165, 1.54) is 0 Å². The van der Waals surface area contributed by atoms with Gasteiger partial charge >= 0.3 is 0 Å². The third-order valence-electron chi connectivity index (χ3n) is 3.39. The summed E-state index contributed by atoms with van der Waals surface area (Å²) in [6.07, 6.45) is 7.04. The Labute approximate surface area is 133 Å². The second-order valence-electron chi connectivity index (χ2n) is 5.33. The van der Waals surface area contributed by atoms with Crippen molar-refractivity contribution >= 4 is 17.7 Å². The van der Waals surface area contributed by atoms with Crippen LogP contribution in [-0.2, 0) is 4.74 Å². The molecule has 4 heteroatoms. The van der Waals surface area contributed by atoms with Crippen molar-refractivity contribution in [1.29, 1.82) is 0 Å². The summed E-state index contributed by atoms with van der Waals surface area (Å²) >= 11 is 0. The Morgan fingerprint density at radius 1 is 1.27 bits per heavy atom. The van der Waals surface area contributed by atoms with Gasteiger partial charge in [-0.3, -0.25) is 4.79 Å². The van der Waals surface area contributed by atoms with Crippen molar-refractivity contribution < 1.29 is 9.53 Å². The van der Waals surface area contributed by atoms with E-state index in [-0.39, 0.29) is 5.91 Å². The number of nitrogens with one attached hydrogen (secondary N) is 1. The maximum Gasteiger partial charge on any atom is 0.251 e. The van der Waals surface area contributed by atoms with Crippen molar-refractivity contribution in [2.24, 2.45) is 0 Å². The Morgan fingerprint density at radius 3 is 2.77 bits per heavy atom. The maximum absolute atomic E-state index is 12.1. The zero-order valence-electron chi connectivity index (χ0n) is 13.6. The van der Waals surface area contributed by atoms with Gasteiger partial charge in [-0.15, -0.1) is 0 Å². The lowest BCUT2D eigenvalue weighted by molar-refractivity contribution is 0.0952. The number of carbonyl (C=O) groups excluding carboxylic acids is 1. The Balaban J connectivity index is 2.20. The van der Waals surface area contributed by atoms with E-state index in [4.69, 9.17) is 10.5 Å². The molecule has 0 spiro atoms. The number of amides is 1. The topological polar surface area (TPSA) is 64.4 Å². The minimum atomic E-state index is -0.0684. The van der Waals surface area contributed by atoms with Gasteiger partial charge in [-0.25, -0.2) is 0 Å². The number of ether oxygens (including phenoxy) is 1. The van der Waals surface area contributed by atoms with Crippen molar-refractivity contribution in [3.8, 4) is 0 Å². The molecule has 0 bridgehead atoms. The number of rotatable bonds is 11. The molecular weight excluding hydrogens is 276 g/mol. The molecule has 1 aromatic rings. The third-order valence-corrected chi connectivity index (χ3v) is 3.39. The molecule has 1 aromatic carbocycles. The summed E-state index contributed by atoms with van der Waals surface area (Å²) in [6, 6.07) is 5.24. The maximum atomic E-state index is 12.1. The minimum absolute atomic E-state index is 0.0684. The second-order valence-corrected chi connectivity index (χ2v) is 5.33. The molecule has 4 nitrogen and oxygen atoms in total. The van der Waals surface area contributed by atoms with E-state index in [0.717, 1.165) is 50.9 Å². The smallest absolute Gasteiger partial charge is 0.251 e. The predicted molar refractivity (Wildman–Crippen MR) is 92.9 cm³/mol. The molecule has 0 saturated carbocycles. The van der Waals surface area contributed by atoms with Crippen LogP contribution in [0.25, 0.3) is 6.08 Å². The van der Waals surface area contributed by atoms with Gasteiger partial charge in [0.2, 0.25) is 0 Å². The monoisotopic (exact) mass is 304 g/mol. The summed E-state index contributed by atoms with van der Waals surface area (Å²) in [5.41, 5.74) is 7.74. The molecule has 0 atom stereocenters. The van der Waals surface area contributed by atoms with Crippen LogP contribution < -0.4 is 11.1 Å². The largest absolute Gasteiger partial charge is 0.399 e. The van der Waals surface area contributed by atoms with Gasteiger partial charge < -0.3 is 15.8 Å². The molecule has 0 unspecified atom stereocenters. The number of benzene rings is 1. The van der Waals surface area contributed by atoms with Crippen molar-refractivity contribution in [1.82, 2.24) is 5.32 Å². The van der Waals surface area contributed by atoms with Gasteiger partial charge in [-0.05, 0) is 43.0 Å². The number of hydrogen-bond acceptors (Lipinski definition) is 3. The quantitative estimate of drug-likeness (QED) is 0.484. The normalized spacial score (nSPS) is 10.4. The van der Waals surface area contributed by atoms with Crippen LogP contribution in [0.15, 0.2) is 24.8 Å². The van der Waals surface area contributed by atoms with Crippen molar-refractivity contribution in [2.75, 3.05) is 25.5 Å². The van der Waals surface area contributed by atoms with Crippen LogP contribution in [0.1, 0.15) is 54.9 Å². The Bertz CT molecular complexity index is 472. The van der Waals surface area contributed by atoms with Crippen LogP contribution in [0.5, 0.6) is 0 Å². The minimum Gasteiger partial charge on any atom is -0.399 e. The first kappa shape index (κ1) is 18.2. The lowest BCUT2D eigenvalue weighted by atomic mass is 10.1. The predicted octanol–water partition coefficient (Wildman–Crippen LogP) is 3.63. The zero-order valence-corrected chi connectivity index (χ0v) is 13.6. The lowest BCUT2D eigenvalue weighted by Crippen LogP contribution is -2.25. The van der Waals surface area contributed by atoms with E-state index in [1.54, 1.807) is 24.3 Å². The van der Waals surface area contributed by atoms with Crippen LogP contribution >= 0.6 is 0 Å². The number of hydrogen-bond donors (Lipinski definition) is 2. The van der Waals surface area contributed by atoms with Crippen LogP contribution in [0.2, 0.25) is 0 Å². The van der Waals surface area contributed by atoms with Gasteiger partial charge in [0.05, 0.1) is 0 Å². The van der Waals surface area contributed by atoms with E-state index in [0.29, 0.717) is 17.8 Å². The molecule has 0 saturated heterocycles. The summed E-state index contributed by atoms with van der Waals surface area (Å²) in [5, 5.41) is 2.95. The molecule has 22 heavy (non-hydrogen) atoms. The van der Waals surface area contributed by atoms with Gasteiger partial charge in [0.25, 0.3) is 5.91 Å². The highest BCUT2D eigenvalue weighted by Crippen LogP contribution is 2.14. The summed E-state index contributed by atoms with van der Waals surface area (Å²) in [6.45, 7) is 8.21. The molecular formula is C18H28N2O2. The summed E-state index contributed by atoms with van der Waals surface area (Å²) < 4.78 is 5.43. The fourth-order valence-corrected chi connectivity index (χ4v) is 2.18. The van der Waals surface area contributed by atoms with Gasteiger partial charge in [0.1, 0.15) is 0 Å². The number of unbranched alkanes of at least 4 members (excludes halogenated alkanes) is 3. The summed E-state index contributed by atoms with van der Waals surface area (Å²) in [7, 11) is 0. The van der Waals surface area contributed by atoms with Crippen molar-refractivity contribution in [3.05, 3.63) is 35.9 Å². The number of anilines is 1. The van der Waals surface area contributed by atoms with E-state index < -0.39 is 0 Å². The van der Waals surface area contributed by atoms with Gasteiger partial charge in [0, 0.05) is 31.0 Å². The number of nitrogens with two attached hydrogens (primary N) is 1. The first-order valence-electron chi connectivity index (χ1n) is 8.07. The lowest BCUT2D eigenvalue weighted by Gasteiger charge is -2.08. The van der Waals surface area contributed by atoms with Gasteiger partial charge in [0.15, 0.2) is 0 Å². The summed E-state index contributed by atoms with van der Waals surface area (Å²) in [4.78, 5) is 12.1. The molecule has 0 aliphatic heterocycles. The van der Waals surface area contributed by atoms with E-state index >= 15 is 0 Å². The van der Waals surface area contributed by atoms with Gasteiger partial charge in [-0.1, -0.05) is 32.4 Å². The van der Waals surface area contributed by atoms with Crippen molar-refractivity contribution in [2.45, 2.75) is 39.0 Å². The van der Waals surface area contributed by atoms with Crippen LogP contribution in [0.4, 0.5) is 5.69 Å². The van der Waals surface area contributed by atoms with Crippen LogP contribution in [0.3, 0.4) is 0 Å². The number of nitrogen functional groups attached to an aromatic ring is 1. The fraction of sp³-hybridized carbons (Fsp3) is 0.500. The highest BCUT2D eigenvalue weighted by molar-refractivity contribution is 5.98. The van der Waals surface area contributed by atoms with E-state index in [1.807, 2.05) is 0 Å². The summed E-state index contributed by atoms with van der Waals surface area (Å²) in [5.74, 6) is -0.0684. The highest BCUT2D eigenvalue weighted by atomic mass is 16.5. The second kappa shape index (κ2) is 10.9. The molecule has 122 valence electrons. The Hall–Kier alpha value is -1.81. The molecule has 0 radical (unpaired) electrons. The number of carbonyl (C=O) groups is 1. The highest BCUT2D eigenvalue weighted by Gasteiger charge is 2.08. The average molecular weight is 304 g/mol. The van der Waals surface area contributed by atoms with Gasteiger partial charge in [-0.2, -0.15) is 0 Å². The SMILES string of the molecule is C=Cc1cc(N)ccc1C(=O)NCCCCCCOCCC. The average Bonchev–Trinajstić information content (AvgIpc) is 2.52. The first-order valence-corrected chi connectivity index (χ1v) is 8.07. The molecule has 0 aromatic heterocycles. The van der Waals surface area contributed by atoms with Crippen LogP contribution in [0, 0.1) is 0 Å². The van der Waals surface area contributed by atoms with Crippen LogP contribution in [-0.4, -0.2) is 25.7 Å². The Morgan fingerprint density at radius 2 is 2.05 bits per heavy atom. The van der Waals surface area contributed by atoms with E-state index in [9.17, 15) is 4.79 Å². The fourth-order valence-electron chi connectivity index (χ4n) is 2.18. The molecule has 0 aliphatic carbocycles. The molecule has 0 aliphatic rings.